The molecule has 8 heteroatoms. The molecule has 6 nitrogen and oxygen atoms in total. The molecule has 34 heavy (non-hydrogen) atoms. The third-order valence-corrected chi connectivity index (χ3v) is 7.40. The second-order valence-corrected chi connectivity index (χ2v) is 10.8. The van der Waals surface area contributed by atoms with E-state index in [9.17, 15) is 14.4 Å². The van der Waals surface area contributed by atoms with E-state index in [1.807, 2.05) is 74.9 Å². The van der Waals surface area contributed by atoms with Gasteiger partial charge in [0.1, 0.15) is 6.04 Å². The highest BCUT2D eigenvalue weighted by Crippen LogP contribution is 2.27. The lowest BCUT2D eigenvalue weighted by molar-refractivity contribution is -0.141. The third kappa shape index (κ3) is 6.77. The fourth-order valence-corrected chi connectivity index (χ4v) is 4.70. The summed E-state index contributed by atoms with van der Waals surface area (Å²) in [6.07, 6.45) is 0.745. The molecule has 3 aromatic rings. The minimum absolute atomic E-state index is 0.199. The Kier molecular flexibility index (Phi) is 8.63. The van der Waals surface area contributed by atoms with Crippen LogP contribution in [-0.2, 0) is 16.1 Å². The first kappa shape index (κ1) is 25.6. The molecule has 0 saturated carbocycles. The van der Waals surface area contributed by atoms with Crippen molar-refractivity contribution in [3.05, 3.63) is 80.2 Å². The number of hydrogen-bond acceptors (Lipinski definition) is 5. The van der Waals surface area contributed by atoms with E-state index in [-0.39, 0.29) is 30.8 Å². The van der Waals surface area contributed by atoms with Gasteiger partial charge in [-0.05, 0) is 55.6 Å². The summed E-state index contributed by atoms with van der Waals surface area (Å²) in [5, 5.41) is 9.57. The molecule has 0 bridgehead atoms. The Balaban J connectivity index is 1.93. The molecule has 0 saturated heterocycles. The van der Waals surface area contributed by atoms with Crippen molar-refractivity contribution in [1.29, 1.82) is 0 Å². The van der Waals surface area contributed by atoms with E-state index in [1.165, 1.54) is 22.7 Å². The fraction of sp³-hybridized carbons (Fsp3) is 0.346. The van der Waals surface area contributed by atoms with Gasteiger partial charge in [0.05, 0.1) is 18.0 Å². The van der Waals surface area contributed by atoms with E-state index < -0.39 is 11.6 Å². The predicted octanol–water partition coefficient (Wildman–Crippen LogP) is 4.92. The van der Waals surface area contributed by atoms with Crippen molar-refractivity contribution >= 4 is 40.4 Å². The largest absolute Gasteiger partial charge is 0.349 e. The van der Waals surface area contributed by atoms with Gasteiger partial charge < -0.3 is 15.5 Å². The lowest BCUT2D eigenvalue weighted by Crippen LogP contribution is -2.51. The van der Waals surface area contributed by atoms with Crippen molar-refractivity contribution in [3.63, 3.8) is 0 Å². The van der Waals surface area contributed by atoms with Crippen LogP contribution in [0.2, 0.25) is 0 Å². The summed E-state index contributed by atoms with van der Waals surface area (Å²) in [6, 6.07) is 14.2. The van der Waals surface area contributed by atoms with Crippen LogP contribution in [0.15, 0.2) is 59.3 Å². The number of nitrogens with one attached hydrogen (secondary N) is 2. The Labute approximate surface area is 209 Å². The van der Waals surface area contributed by atoms with E-state index in [0.717, 1.165) is 22.4 Å². The van der Waals surface area contributed by atoms with Gasteiger partial charge in [0.15, 0.2) is 0 Å². The van der Waals surface area contributed by atoms with E-state index in [4.69, 9.17) is 0 Å². The Morgan fingerprint density at radius 3 is 2.26 bits per heavy atom. The maximum atomic E-state index is 13.6. The predicted molar refractivity (Wildman–Crippen MR) is 138 cm³/mol. The Hall–Kier alpha value is -2.97. The average molecular weight is 498 g/mol. The molecule has 1 aromatic carbocycles. The maximum Gasteiger partial charge on any atom is 0.261 e. The number of hydrogen-bond donors (Lipinski definition) is 2. The second-order valence-electron chi connectivity index (χ2n) is 8.80. The van der Waals surface area contributed by atoms with E-state index in [2.05, 4.69) is 10.6 Å². The quantitative estimate of drug-likeness (QED) is 0.417. The van der Waals surface area contributed by atoms with Gasteiger partial charge in [-0.3, -0.25) is 14.4 Å². The minimum atomic E-state index is -0.834. The molecule has 0 radical (unpaired) electrons. The molecule has 0 aliphatic carbocycles. The number of amides is 3. The van der Waals surface area contributed by atoms with Crippen LogP contribution < -0.4 is 10.6 Å². The van der Waals surface area contributed by atoms with Gasteiger partial charge in [0.25, 0.3) is 5.91 Å². The van der Waals surface area contributed by atoms with Crippen LogP contribution in [0.3, 0.4) is 0 Å². The van der Waals surface area contributed by atoms with Gasteiger partial charge in [0.2, 0.25) is 11.8 Å². The van der Waals surface area contributed by atoms with Gasteiger partial charge >= 0.3 is 0 Å². The molecule has 1 atom stereocenters. The van der Waals surface area contributed by atoms with Crippen molar-refractivity contribution < 1.29 is 14.4 Å². The van der Waals surface area contributed by atoms with Crippen LogP contribution in [0.1, 0.15) is 58.9 Å². The SMILES string of the molecule is CCC(C)(C)NC(=O)[C@@H](c1ccc(C)cc1)N(Cc1cccs1)C(=O)CNC(=O)c1cccs1. The molecular formula is C26H31N3O3S2. The van der Waals surface area contributed by atoms with Crippen LogP contribution >= 0.6 is 22.7 Å². The van der Waals surface area contributed by atoms with Gasteiger partial charge in [0, 0.05) is 10.4 Å². The molecule has 2 aromatic heterocycles. The Morgan fingerprint density at radius 1 is 1.00 bits per heavy atom. The molecular weight excluding hydrogens is 466 g/mol. The van der Waals surface area contributed by atoms with E-state index >= 15 is 0 Å². The van der Waals surface area contributed by atoms with Gasteiger partial charge in [-0.1, -0.05) is 48.9 Å². The molecule has 2 heterocycles. The second kappa shape index (κ2) is 11.4. The summed E-state index contributed by atoms with van der Waals surface area (Å²) in [5.74, 6) is -0.874. The zero-order chi connectivity index (χ0) is 24.7. The molecule has 0 spiro atoms. The molecule has 180 valence electrons. The lowest BCUT2D eigenvalue weighted by Gasteiger charge is -2.34. The summed E-state index contributed by atoms with van der Waals surface area (Å²) in [5.41, 5.74) is 1.37. The first-order valence-electron chi connectivity index (χ1n) is 11.2. The number of nitrogens with zero attached hydrogens (tertiary/aromatic N) is 1. The van der Waals surface area contributed by atoms with Crippen LogP contribution in [0.4, 0.5) is 0 Å². The van der Waals surface area contributed by atoms with Gasteiger partial charge in [-0.15, -0.1) is 22.7 Å². The van der Waals surface area contributed by atoms with Crippen LogP contribution in [-0.4, -0.2) is 34.7 Å². The summed E-state index contributed by atoms with van der Waals surface area (Å²) < 4.78 is 0. The average Bonchev–Trinajstić information content (AvgIpc) is 3.52. The zero-order valence-electron chi connectivity index (χ0n) is 20.0. The number of aryl methyl sites for hydroxylation is 1. The highest BCUT2D eigenvalue weighted by Gasteiger charge is 2.34. The normalized spacial score (nSPS) is 12.1. The van der Waals surface area contributed by atoms with Crippen molar-refractivity contribution in [3.8, 4) is 0 Å². The van der Waals surface area contributed by atoms with Gasteiger partial charge in [-0.2, -0.15) is 0 Å². The highest BCUT2D eigenvalue weighted by atomic mass is 32.1. The molecule has 0 aliphatic rings. The molecule has 3 rings (SSSR count). The standard InChI is InChI=1S/C26H31N3O3S2/c1-5-26(3,4)28-25(32)23(19-12-10-18(2)11-13-19)29(17-20-8-6-14-33-20)22(30)16-27-24(31)21-9-7-15-34-21/h6-15,23H,5,16-17H2,1-4H3,(H,27,31)(H,28,32)/t23-/m1/s1. The van der Waals surface area contributed by atoms with Crippen LogP contribution in [0.5, 0.6) is 0 Å². The summed E-state index contributed by atoms with van der Waals surface area (Å²) >= 11 is 2.84. The fourth-order valence-electron chi connectivity index (χ4n) is 3.36. The van der Waals surface area contributed by atoms with Crippen LogP contribution in [0, 0.1) is 6.92 Å². The topological polar surface area (TPSA) is 78.5 Å². The molecule has 2 N–H and O–H groups in total. The summed E-state index contributed by atoms with van der Waals surface area (Å²) in [7, 11) is 0. The van der Waals surface area contributed by atoms with Crippen molar-refractivity contribution in [1.82, 2.24) is 15.5 Å². The molecule has 0 unspecified atom stereocenters. The first-order valence-corrected chi connectivity index (χ1v) is 13.0. The van der Waals surface area contributed by atoms with Gasteiger partial charge in [-0.25, -0.2) is 0 Å². The van der Waals surface area contributed by atoms with Crippen molar-refractivity contribution in [2.75, 3.05) is 6.54 Å². The monoisotopic (exact) mass is 497 g/mol. The number of carbonyl (C=O) groups is 3. The third-order valence-electron chi connectivity index (χ3n) is 5.67. The highest BCUT2D eigenvalue weighted by molar-refractivity contribution is 7.12. The number of rotatable bonds is 10. The number of thiophene rings is 2. The Bertz CT molecular complexity index is 1090. The Morgan fingerprint density at radius 2 is 1.68 bits per heavy atom. The molecule has 0 aliphatic heterocycles. The zero-order valence-corrected chi connectivity index (χ0v) is 21.6. The van der Waals surface area contributed by atoms with Crippen molar-refractivity contribution in [2.45, 2.75) is 52.2 Å². The summed E-state index contributed by atoms with van der Waals surface area (Å²) in [6.45, 7) is 7.98. The first-order chi connectivity index (χ1) is 16.2. The van der Waals surface area contributed by atoms with Crippen LogP contribution in [0.25, 0.3) is 0 Å². The van der Waals surface area contributed by atoms with E-state index in [0.29, 0.717) is 4.88 Å². The van der Waals surface area contributed by atoms with E-state index in [1.54, 1.807) is 17.0 Å². The van der Waals surface area contributed by atoms with Crippen molar-refractivity contribution in [2.24, 2.45) is 0 Å². The lowest BCUT2D eigenvalue weighted by atomic mass is 9.98. The maximum absolute atomic E-state index is 13.6. The smallest absolute Gasteiger partial charge is 0.261 e. The number of carbonyl (C=O) groups excluding carboxylic acids is 3. The summed E-state index contributed by atoms with van der Waals surface area (Å²) in [4.78, 5) is 42.6. The number of benzene rings is 1. The minimum Gasteiger partial charge on any atom is -0.349 e. The molecule has 0 fully saturated rings. The molecule has 3 amide bonds.